The van der Waals surface area contributed by atoms with E-state index in [1.54, 1.807) is 30.3 Å². The smallest absolute Gasteiger partial charge is 0.412 e. The zero-order valence-corrected chi connectivity index (χ0v) is 12.0. The number of hydrogen-bond donors (Lipinski definition) is 3. The third kappa shape index (κ3) is 7.02. The summed E-state index contributed by atoms with van der Waals surface area (Å²) in [5.74, 6) is -3.37. The molecule has 1 aromatic carbocycles. The van der Waals surface area contributed by atoms with Crippen LogP contribution in [0.1, 0.15) is 6.42 Å². The molecule has 0 bridgehead atoms. The van der Waals surface area contributed by atoms with Crippen molar-refractivity contribution in [3.05, 3.63) is 30.3 Å². The maximum absolute atomic E-state index is 12.3. The number of aliphatic carboxylic acids is 1. The maximum atomic E-state index is 12.3. The lowest BCUT2D eigenvalue weighted by Gasteiger charge is -2.14. The summed E-state index contributed by atoms with van der Waals surface area (Å²) in [5, 5.41) is 13.0. The van der Waals surface area contributed by atoms with Gasteiger partial charge in [0.2, 0.25) is 0 Å². The number of carbonyl (C=O) groups excluding carboxylic acids is 3. The van der Waals surface area contributed by atoms with Crippen LogP contribution in [0.4, 0.5) is 14.9 Å². The van der Waals surface area contributed by atoms with Crippen molar-refractivity contribution in [2.45, 2.75) is 12.5 Å². The highest BCUT2D eigenvalue weighted by molar-refractivity contribution is 5.93. The monoisotopic (exact) mass is 326 g/mol. The van der Waals surface area contributed by atoms with Crippen molar-refractivity contribution in [3.63, 3.8) is 0 Å². The summed E-state index contributed by atoms with van der Waals surface area (Å²) in [6, 6.07) is 6.80. The number of ketones is 1. The molecule has 0 heterocycles. The van der Waals surface area contributed by atoms with Crippen LogP contribution in [-0.4, -0.2) is 48.2 Å². The largest absolute Gasteiger partial charge is 0.481 e. The lowest BCUT2D eigenvalue weighted by molar-refractivity contribution is -0.140. The van der Waals surface area contributed by atoms with Crippen LogP contribution in [-0.2, 0) is 19.1 Å². The Kier molecular flexibility index (Phi) is 7.18. The summed E-state index contributed by atoms with van der Waals surface area (Å²) in [6.07, 6.45) is -1.66. The molecule has 1 atom stereocenters. The van der Waals surface area contributed by atoms with Crippen LogP contribution in [0.2, 0.25) is 0 Å². The lowest BCUT2D eigenvalue weighted by atomic mass is 10.1. The number of alkyl halides is 1. The summed E-state index contributed by atoms with van der Waals surface area (Å²) in [5.41, 5.74) is 0.453. The van der Waals surface area contributed by atoms with E-state index >= 15 is 0 Å². The highest BCUT2D eigenvalue weighted by Crippen LogP contribution is 2.05. The zero-order chi connectivity index (χ0) is 17.2. The third-order valence-corrected chi connectivity index (χ3v) is 2.59. The minimum Gasteiger partial charge on any atom is -0.481 e. The fourth-order valence-electron chi connectivity index (χ4n) is 1.56. The number of para-hydroxylation sites is 1. The zero-order valence-electron chi connectivity index (χ0n) is 12.0. The molecule has 0 radical (unpaired) electrons. The molecule has 8 nitrogen and oxygen atoms in total. The van der Waals surface area contributed by atoms with E-state index in [1.807, 2.05) is 5.32 Å². The van der Waals surface area contributed by atoms with Gasteiger partial charge < -0.3 is 15.2 Å². The molecule has 1 aromatic rings. The molecule has 1 rings (SSSR count). The molecule has 0 saturated carbocycles. The fraction of sp³-hybridized carbons (Fsp3) is 0.286. The second-order valence-corrected chi connectivity index (χ2v) is 4.39. The average molecular weight is 326 g/mol. The number of benzene rings is 1. The molecule has 9 heteroatoms. The van der Waals surface area contributed by atoms with E-state index in [0.717, 1.165) is 0 Å². The van der Waals surface area contributed by atoms with Crippen LogP contribution in [0.25, 0.3) is 0 Å². The predicted molar refractivity (Wildman–Crippen MR) is 76.6 cm³/mol. The number of rotatable bonds is 8. The number of carboxylic acid groups (broad SMARTS) is 1. The molecule has 0 aromatic heterocycles. The van der Waals surface area contributed by atoms with E-state index in [4.69, 9.17) is 5.11 Å². The minimum atomic E-state index is -1.51. The van der Waals surface area contributed by atoms with Crippen LogP contribution in [0.15, 0.2) is 30.3 Å². The number of anilines is 1. The molecule has 23 heavy (non-hydrogen) atoms. The number of carboxylic acids is 1. The molecule has 0 aliphatic rings. The summed E-state index contributed by atoms with van der Waals surface area (Å²) < 4.78 is 16.9. The van der Waals surface area contributed by atoms with Gasteiger partial charge in [-0.05, 0) is 12.1 Å². The van der Waals surface area contributed by atoms with Gasteiger partial charge in [-0.3, -0.25) is 19.7 Å². The average Bonchev–Trinajstić information content (AvgIpc) is 2.52. The first-order chi connectivity index (χ1) is 10.9. The molecule has 3 N–H and O–H groups in total. The van der Waals surface area contributed by atoms with Gasteiger partial charge in [0, 0.05) is 5.69 Å². The fourth-order valence-corrected chi connectivity index (χ4v) is 1.56. The predicted octanol–water partition coefficient (Wildman–Crippen LogP) is 0.733. The second kappa shape index (κ2) is 9.13. The van der Waals surface area contributed by atoms with Gasteiger partial charge in [0.25, 0.3) is 5.91 Å². The Hall–Kier alpha value is -2.97. The van der Waals surface area contributed by atoms with Crippen LogP contribution in [0.5, 0.6) is 0 Å². The van der Waals surface area contributed by atoms with Gasteiger partial charge in [0.15, 0.2) is 12.4 Å². The summed E-state index contributed by atoms with van der Waals surface area (Å²) in [6.45, 7) is -2.15. The summed E-state index contributed by atoms with van der Waals surface area (Å²) in [4.78, 5) is 44.7. The van der Waals surface area contributed by atoms with Gasteiger partial charge in [-0.25, -0.2) is 9.18 Å². The molecule has 0 saturated heterocycles. The van der Waals surface area contributed by atoms with Crippen molar-refractivity contribution in [3.8, 4) is 0 Å². The molecule has 124 valence electrons. The molecular weight excluding hydrogens is 311 g/mol. The van der Waals surface area contributed by atoms with E-state index < -0.39 is 49.5 Å². The first kappa shape index (κ1) is 18.1. The quantitative estimate of drug-likeness (QED) is 0.647. The second-order valence-electron chi connectivity index (χ2n) is 4.39. The molecular formula is C14H15FN2O6. The lowest BCUT2D eigenvalue weighted by Crippen LogP contribution is -2.44. The van der Waals surface area contributed by atoms with Crippen molar-refractivity contribution >= 4 is 29.4 Å². The number of hydrogen-bond acceptors (Lipinski definition) is 5. The van der Waals surface area contributed by atoms with Gasteiger partial charge in [-0.2, -0.15) is 0 Å². The summed E-state index contributed by atoms with van der Waals surface area (Å²) in [7, 11) is 0. The van der Waals surface area contributed by atoms with Crippen molar-refractivity contribution in [2.24, 2.45) is 0 Å². The standard InChI is InChI=1S/C14H15FN2O6/c15-7-11(18)10(6-13(20)21)17-12(19)8-23-14(22)16-9-4-2-1-3-5-9/h1-5,10H,6-8H2,(H,16,22)(H,17,19)(H,20,21). The van der Waals surface area contributed by atoms with E-state index in [1.165, 1.54) is 0 Å². The van der Waals surface area contributed by atoms with Crippen LogP contribution in [0, 0.1) is 0 Å². The van der Waals surface area contributed by atoms with Crippen LogP contribution >= 0.6 is 0 Å². The first-order valence-electron chi connectivity index (χ1n) is 6.51. The molecule has 0 aliphatic heterocycles. The van der Waals surface area contributed by atoms with Gasteiger partial charge in [0.05, 0.1) is 6.42 Å². The van der Waals surface area contributed by atoms with E-state index in [9.17, 15) is 23.6 Å². The van der Waals surface area contributed by atoms with Crippen LogP contribution in [0.3, 0.4) is 0 Å². The first-order valence-corrected chi connectivity index (χ1v) is 6.51. The number of halogens is 1. The van der Waals surface area contributed by atoms with Gasteiger partial charge in [-0.15, -0.1) is 0 Å². The number of ether oxygens (including phenoxy) is 1. The van der Waals surface area contributed by atoms with Crippen molar-refractivity contribution in [1.29, 1.82) is 0 Å². The molecule has 0 aliphatic carbocycles. The Labute approximate surface area is 130 Å². The Balaban J connectivity index is 2.43. The number of amides is 2. The third-order valence-electron chi connectivity index (χ3n) is 2.59. The number of carbonyl (C=O) groups is 4. The molecule has 0 fully saturated rings. The van der Waals surface area contributed by atoms with Gasteiger partial charge in [-0.1, -0.05) is 18.2 Å². The Morgan fingerprint density at radius 1 is 1.17 bits per heavy atom. The summed E-state index contributed by atoms with van der Waals surface area (Å²) >= 11 is 0. The number of Topliss-reactive ketones (excluding diaryl/α,β-unsaturated/α-hetero) is 1. The number of nitrogens with one attached hydrogen (secondary N) is 2. The topological polar surface area (TPSA) is 122 Å². The van der Waals surface area contributed by atoms with Crippen molar-refractivity contribution in [1.82, 2.24) is 5.32 Å². The normalized spacial score (nSPS) is 11.2. The maximum Gasteiger partial charge on any atom is 0.412 e. The molecule has 0 spiro atoms. The van der Waals surface area contributed by atoms with Crippen molar-refractivity contribution < 1.29 is 33.4 Å². The highest BCUT2D eigenvalue weighted by atomic mass is 19.1. The Morgan fingerprint density at radius 2 is 1.83 bits per heavy atom. The highest BCUT2D eigenvalue weighted by Gasteiger charge is 2.23. The van der Waals surface area contributed by atoms with E-state index in [-0.39, 0.29) is 0 Å². The van der Waals surface area contributed by atoms with E-state index in [0.29, 0.717) is 5.69 Å². The Bertz CT molecular complexity index is 578. The van der Waals surface area contributed by atoms with Crippen molar-refractivity contribution in [2.75, 3.05) is 18.6 Å². The van der Waals surface area contributed by atoms with E-state index in [2.05, 4.69) is 10.1 Å². The van der Waals surface area contributed by atoms with Gasteiger partial charge in [0.1, 0.15) is 12.7 Å². The van der Waals surface area contributed by atoms with Gasteiger partial charge >= 0.3 is 12.1 Å². The van der Waals surface area contributed by atoms with Crippen LogP contribution < -0.4 is 10.6 Å². The minimum absolute atomic E-state index is 0.453. The SMILES string of the molecule is O=C(O)CC(NC(=O)COC(=O)Nc1ccccc1)C(=O)CF. The Morgan fingerprint density at radius 3 is 2.39 bits per heavy atom. The molecule has 1 unspecified atom stereocenters. The molecule has 2 amide bonds.